The topological polar surface area (TPSA) is 12.0 Å². The Hall–Kier alpha value is -0.800. The average Bonchev–Trinajstić information content (AvgIpc) is 2.41. The summed E-state index contributed by atoms with van der Waals surface area (Å²) in [6, 6.07) is 10.2. The highest BCUT2D eigenvalue weighted by atomic mass is 35.5. The fourth-order valence-electron chi connectivity index (χ4n) is 2.20. The maximum Gasteiger partial charge on any atom is 0.141 e. The molecule has 0 amide bonds. The lowest BCUT2D eigenvalue weighted by Crippen LogP contribution is -2.22. The van der Waals surface area contributed by atoms with Gasteiger partial charge in [0.05, 0.1) is 5.02 Å². The second-order valence-electron chi connectivity index (χ2n) is 4.95. The molecule has 0 heterocycles. The summed E-state index contributed by atoms with van der Waals surface area (Å²) < 4.78 is 13.2. The first-order valence-electron chi connectivity index (χ1n) is 6.54. The molecule has 0 aliphatic heterocycles. The molecule has 2 unspecified atom stereocenters. The van der Waals surface area contributed by atoms with Crippen LogP contribution in [0.1, 0.15) is 37.1 Å². The average molecular weight is 347 g/mol. The molecule has 112 valence electrons. The third-order valence-corrected chi connectivity index (χ3v) is 4.22. The van der Waals surface area contributed by atoms with E-state index in [1.807, 2.05) is 19.9 Å². The van der Waals surface area contributed by atoms with Crippen LogP contribution in [-0.4, -0.2) is 0 Å². The molecule has 5 heteroatoms. The largest absolute Gasteiger partial charge is 0.304 e. The van der Waals surface area contributed by atoms with Crippen molar-refractivity contribution >= 4 is 34.8 Å². The molecule has 0 aliphatic rings. The molecule has 2 atom stereocenters. The van der Waals surface area contributed by atoms with Crippen LogP contribution < -0.4 is 5.32 Å². The minimum atomic E-state index is -0.415. The van der Waals surface area contributed by atoms with Crippen LogP contribution in [0.3, 0.4) is 0 Å². The van der Waals surface area contributed by atoms with E-state index in [4.69, 9.17) is 34.8 Å². The van der Waals surface area contributed by atoms with Crippen LogP contribution in [0.2, 0.25) is 15.1 Å². The standard InChI is InChI=1S/C16H15Cl3FN/c1-9(11-3-6-16(20)15(19)7-11)21-10(2)13-5-4-12(17)8-14(13)18/h3-10,21H,1-2H3. The van der Waals surface area contributed by atoms with E-state index in [1.165, 1.54) is 6.07 Å². The summed E-state index contributed by atoms with van der Waals surface area (Å²) in [4.78, 5) is 0. The maximum atomic E-state index is 13.2. The van der Waals surface area contributed by atoms with Gasteiger partial charge < -0.3 is 5.32 Å². The van der Waals surface area contributed by atoms with Gasteiger partial charge in [0.15, 0.2) is 0 Å². The number of rotatable bonds is 4. The first-order valence-corrected chi connectivity index (χ1v) is 7.68. The van der Waals surface area contributed by atoms with E-state index in [-0.39, 0.29) is 17.1 Å². The van der Waals surface area contributed by atoms with Gasteiger partial charge in [-0.1, -0.05) is 46.9 Å². The number of hydrogen-bond donors (Lipinski definition) is 1. The van der Waals surface area contributed by atoms with Crippen LogP contribution in [0.15, 0.2) is 36.4 Å². The molecular weight excluding hydrogens is 332 g/mol. The fraction of sp³-hybridized carbons (Fsp3) is 0.250. The maximum absolute atomic E-state index is 13.2. The van der Waals surface area contributed by atoms with Crippen molar-refractivity contribution in [2.75, 3.05) is 0 Å². The van der Waals surface area contributed by atoms with Crippen molar-refractivity contribution < 1.29 is 4.39 Å². The molecule has 0 spiro atoms. The molecule has 21 heavy (non-hydrogen) atoms. The zero-order valence-corrected chi connectivity index (χ0v) is 13.9. The van der Waals surface area contributed by atoms with Crippen LogP contribution in [0.25, 0.3) is 0 Å². The van der Waals surface area contributed by atoms with Gasteiger partial charge in [0.25, 0.3) is 0 Å². The van der Waals surface area contributed by atoms with Crippen molar-refractivity contribution in [3.8, 4) is 0 Å². The molecule has 2 aromatic carbocycles. The predicted molar refractivity (Wildman–Crippen MR) is 87.8 cm³/mol. The van der Waals surface area contributed by atoms with Crippen LogP contribution in [-0.2, 0) is 0 Å². The van der Waals surface area contributed by atoms with Gasteiger partial charge in [0.2, 0.25) is 0 Å². The van der Waals surface area contributed by atoms with Crippen LogP contribution in [0.5, 0.6) is 0 Å². The molecule has 2 aromatic rings. The fourth-order valence-corrected chi connectivity index (χ4v) is 2.96. The summed E-state index contributed by atoms with van der Waals surface area (Å²) in [6.07, 6.45) is 0. The third kappa shape index (κ3) is 4.10. The van der Waals surface area contributed by atoms with E-state index in [1.54, 1.807) is 24.3 Å². The summed E-state index contributed by atoms with van der Waals surface area (Å²) in [5.74, 6) is -0.415. The van der Waals surface area contributed by atoms with Gasteiger partial charge >= 0.3 is 0 Å². The number of halogens is 4. The lowest BCUT2D eigenvalue weighted by Gasteiger charge is -2.22. The van der Waals surface area contributed by atoms with Crippen LogP contribution in [0, 0.1) is 5.82 Å². The van der Waals surface area contributed by atoms with Crippen molar-refractivity contribution in [1.29, 1.82) is 0 Å². The lowest BCUT2D eigenvalue weighted by atomic mass is 10.0. The highest BCUT2D eigenvalue weighted by Gasteiger charge is 2.15. The molecule has 0 aliphatic carbocycles. The number of nitrogens with one attached hydrogen (secondary N) is 1. The molecule has 2 rings (SSSR count). The smallest absolute Gasteiger partial charge is 0.141 e. The van der Waals surface area contributed by atoms with Gasteiger partial charge in [-0.2, -0.15) is 0 Å². The number of hydrogen-bond acceptors (Lipinski definition) is 1. The molecule has 1 N–H and O–H groups in total. The zero-order chi connectivity index (χ0) is 15.6. The molecule has 0 saturated heterocycles. The Morgan fingerprint density at radius 2 is 1.62 bits per heavy atom. The molecule has 0 fully saturated rings. The molecule has 0 radical (unpaired) electrons. The van der Waals surface area contributed by atoms with E-state index in [0.717, 1.165) is 11.1 Å². The van der Waals surface area contributed by atoms with Crippen molar-refractivity contribution in [3.05, 3.63) is 68.4 Å². The Bertz CT molecular complexity index is 645. The van der Waals surface area contributed by atoms with E-state index in [2.05, 4.69) is 5.32 Å². The predicted octanol–water partition coefficient (Wildman–Crippen LogP) is 6.20. The van der Waals surface area contributed by atoms with Crippen molar-refractivity contribution in [2.45, 2.75) is 25.9 Å². The Morgan fingerprint density at radius 3 is 2.24 bits per heavy atom. The van der Waals surface area contributed by atoms with Gasteiger partial charge in [-0.3, -0.25) is 0 Å². The van der Waals surface area contributed by atoms with Crippen LogP contribution >= 0.6 is 34.8 Å². The van der Waals surface area contributed by atoms with Gasteiger partial charge in [0.1, 0.15) is 5.82 Å². The zero-order valence-electron chi connectivity index (χ0n) is 11.6. The van der Waals surface area contributed by atoms with Crippen LogP contribution in [0.4, 0.5) is 4.39 Å². The van der Waals surface area contributed by atoms with Crippen molar-refractivity contribution in [2.24, 2.45) is 0 Å². The molecule has 0 saturated carbocycles. The highest BCUT2D eigenvalue weighted by Crippen LogP contribution is 2.28. The van der Waals surface area contributed by atoms with Gasteiger partial charge in [-0.25, -0.2) is 4.39 Å². The minimum absolute atomic E-state index is 0.00449. The van der Waals surface area contributed by atoms with E-state index < -0.39 is 5.82 Å². The summed E-state index contributed by atoms with van der Waals surface area (Å²) >= 11 is 17.9. The van der Waals surface area contributed by atoms with Gasteiger partial charge in [-0.05, 0) is 49.2 Å². The highest BCUT2D eigenvalue weighted by molar-refractivity contribution is 6.35. The van der Waals surface area contributed by atoms with E-state index in [9.17, 15) is 4.39 Å². The summed E-state index contributed by atoms with van der Waals surface area (Å²) in [6.45, 7) is 4.00. The van der Waals surface area contributed by atoms with Crippen molar-refractivity contribution in [1.82, 2.24) is 5.32 Å². The van der Waals surface area contributed by atoms with Crippen molar-refractivity contribution in [3.63, 3.8) is 0 Å². The Morgan fingerprint density at radius 1 is 0.905 bits per heavy atom. The lowest BCUT2D eigenvalue weighted by molar-refractivity contribution is 0.494. The second kappa shape index (κ2) is 6.97. The number of benzene rings is 2. The first-order chi connectivity index (χ1) is 9.88. The molecular formula is C16H15Cl3FN. The molecule has 0 bridgehead atoms. The SMILES string of the molecule is CC(NC(C)c1ccc(Cl)cc1Cl)c1ccc(F)c(Cl)c1. The quantitative estimate of drug-likeness (QED) is 0.695. The third-order valence-electron chi connectivity index (χ3n) is 3.37. The van der Waals surface area contributed by atoms with E-state index >= 15 is 0 Å². The molecule has 0 aromatic heterocycles. The Labute approximate surface area is 139 Å². The molecule has 1 nitrogen and oxygen atoms in total. The summed E-state index contributed by atoms with van der Waals surface area (Å²) in [7, 11) is 0. The summed E-state index contributed by atoms with van der Waals surface area (Å²) in [5.41, 5.74) is 1.87. The first kappa shape index (κ1) is 16.6. The van der Waals surface area contributed by atoms with Gasteiger partial charge in [0, 0.05) is 22.1 Å². The van der Waals surface area contributed by atoms with Gasteiger partial charge in [-0.15, -0.1) is 0 Å². The Balaban J connectivity index is 2.14. The normalized spacial score (nSPS) is 14.0. The summed E-state index contributed by atoms with van der Waals surface area (Å²) in [5, 5.41) is 4.76. The minimum Gasteiger partial charge on any atom is -0.304 e. The second-order valence-corrected chi connectivity index (χ2v) is 6.20. The Kier molecular flexibility index (Phi) is 5.50. The monoisotopic (exact) mass is 345 g/mol. The van der Waals surface area contributed by atoms with E-state index in [0.29, 0.717) is 10.0 Å².